The average molecular weight is 265 g/mol. The van der Waals surface area contributed by atoms with E-state index in [2.05, 4.69) is 0 Å². The fourth-order valence-electron chi connectivity index (χ4n) is 2.15. The summed E-state index contributed by atoms with van der Waals surface area (Å²) < 4.78 is 10.3. The van der Waals surface area contributed by atoms with Crippen molar-refractivity contribution in [2.45, 2.75) is 12.6 Å². The van der Waals surface area contributed by atoms with E-state index in [-0.39, 0.29) is 18.6 Å². The quantitative estimate of drug-likeness (QED) is 0.869. The third kappa shape index (κ3) is 3.32. The van der Waals surface area contributed by atoms with E-state index < -0.39 is 0 Å². The van der Waals surface area contributed by atoms with Crippen LogP contribution < -0.4 is 0 Å². The molecule has 19 heavy (non-hydrogen) atoms. The molecule has 1 fully saturated rings. The number of aliphatic hydroxyl groups is 1. The summed E-state index contributed by atoms with van der Waals surface area (Å²) in [5.41, 5.74) is 1.65. The molecule has 1 aliphatic heterocycles. The van der Waals surface area contributed by atoms with Gasteiger partial charge in [-0.2, -0.15) is 0 Å². The molecule has 1 unspecified atom stereocenters. The van der Waals surface area contributed by atoms with E-state index in [1.807, 2.05) is 12.1 Å². The Morgan fingerprint density at radius 1 is 1.47 bits per heavy atom. The minimum Gasteiger partial charge on any atom is -0.394 e. The number of hydrogen-bond donors (Lipinski definition) is 1. The van der Waals surface area contributed by atoms with Crippen molar-refractivity contribution in [2.75, 3.05) is 33.5 Å². The number of morpholine rings is 1. The summed E-state index contributed by atoms with van der Waals surface area (Å²) in [5, 5.41) is 9.28. The Morgan fingerprint density at radius 3 is 2.84 bits per heavy atom. The smallest absolute Gasteiger partial charge is 0.254 e. The lowest BCUT2D eigenvalue weighted by atomic mass is 10.1. The highest BCUT2D eigenvalue weighted by Crippen LogP contribution is 2.13. The van der Waals surface area contributed by atoms with Crippen molar-refractivity contribution in [1.82, 2.24) is 4.90 Å². The van der Waals surface area contributed by atoms with Gasteiger partial charge in [0.2, 0.25) is 0 Å². The van der Waals surface area contributed by atoms with Crippen molar-refractivity contribution in [3.05, 3.63) is 35.4 Å². The molecule has 1 atom stereocenters. The monoisotopic (exact) mass is 265 g/mol. The molecule has 0 saturated carbocycles. The van der Waals surface area contributed by atoms with Gasteiger partial charge >= 0.3 is 0 Å². The summed E-state index contributed by atoms with van der Waals surface area (Å²) in [4.78, 5) is 14.0. The number of amides is 1. The maximum atomic E-state index is 12.4. The van der Waals surface area contributed by atoms with Crippen molar-refractivity contribution in [1.29, 1.82) is 0 Å². The molecule has 1 N–H and O–H groups in total. The Hall–Kier alpha value is -1.43. The number of nitrogens with zero attached hydrogens (tertiary/aromatic N) is 1. The molecule has 0 aliphatic carbocycles. The van der Waals surface area contributed by atoms with Crippen LogP contribution in [0, 0.1) is 0 Å². The molecule has 1 aromatic carbocycles. The first-order valence-electron chi connectivity index (χ1n) is 6.33. The normalized spacial score (nSPS) is 19.5. The highest BCUT2D eigenvalue weighted by molar-refractivity contribution is 5.94. The summed E-state index contributed by atoms with van der Waals surface area (Å²) >= 11 is 0. The van der Waals surface area contributed by atoms with Gasteiger partial charge < -0.3 is 19.5 Å². The molecule has 1 aromatic rings. The number of methoxy groups -OCH3 is 1. The first-order valence-corrected chi connectivity index (χ1v) is 6.33. The second-order valence-electron chi connectivity index (χ2n) is 4.54. The van der Waals surface area contributed by atoms with Crippen LogP contribution in [-0.2, 0) is 16.1 Å². The van der Waals surface area contributed by atoms with Crippen LogP contribution in [0.25, 0.3) is 0 Å². The van der Waals surface area contributed by atoms with Crippen molar-refractivity contribution in [2.24, 2.45) is 0 Å². The van der Waals surface area contributed by atoms with Gasteiger partial charge in [0, 0.05) is 19.2 Å². The van der Waals surface area contributed by atoms with Gasteiger partial charge in [0.15, 0.2) is 0 Å². The van der Waals surface area contributed by atoms with Crippen LogP contribution in [0.3, 0.4) is 0 Å². The van der Waals surface area contributed by atoms with Crippen molar-refractivity contribution < 1.29 is 19.4 Å². The van der Waals surface area contributed by atoms with E-state index in [1.165, 1.54) is 0 Å². The molecule has 2 rings (SSSR count). The summed E-state index contributed by atoms with van der Waals surface area (Å²) in [6.45, 7) is 1.89. The number of ether oxygens (including phenoxy) is 2. The molecule has 1 saturated heterocycles. The van der Waals surface area contributed by atoms with Gasteiger partial charge in [-0.05, 0) is 17.7 Å². The molecule has 104 valence electrons. The molecule has 0 bridgehead atoms. The van der Waals surface area contributed by atoms with Crippen LogP contribution >= 0.6 is 0 Å². The Balaban J connectivity index is 2.09. The molecule has 0 aromatic heterocycles. The first kappa shape index (κ1) is 14.0. The van der Waals surface area contributed by atoms with Crippen molar-refractivity contribution in [3.8, 4) is 0 Å². The number of carbonyl (C=O) groups excluding carboxylic acids is 1. The number of carbonyl (C=O) groups is 1. The molecular formula is C14H19NO4. The van der Waals surface area contributed by atoms with Gasteiger partial charge in [-0.15, -0.1) is 0 Å². The largest absolute Gasteiger partial charge is 0.394 e. The van der Waals surface area contributed by atoms with Crippen LogP contribution in [0.2, 0.25) is 0 Å². The second kappa shape index (κ2) is 6.65. The second-order valence-corrected chi connectivity index (χ2v) is 4.54. The van der Waals surface area contributed by atoms with Crippen LogP contribution in [0.15, 0.2) is 24.3 Å². The van der Waals surface area contributed by atoms with Crippen LogP contribution in [0.1, 0.15) is 15.9 Å². The van der Waals surface area contributed by atoms with E-state index in [0.717, 1.165) is 5.56 Å². The third-order valence-corrected chi connectivity index (χ3v) is 3.21. The van der Waals surface area contributed by atoms with E-state index in [1.54, 1.807) is 24.1 Å². The van der Waals surface area contributed by atoms with E-state index in [4.69, 9.17) is 9.47 Å². The number of hydrogen-bond acceptors (Lipinski definition) is 4. The number of benzene rings is 1. The Labute approximate surface area is 112 Å². The Kier molecular flexibility index (Phi) is 4.90. The van der Waals surface area contributed by atoms with Gasteiger partial charge in [-0.3, -0.25) is 4.79 Å². The summed E-state index contributed by atoms with van der Waals surface area (Å²) in [7, 11) is 1.64. The predicted molar refractivity (Wildman–Crippen MR) is 69.9 cm³/mol. The molecule has 0 radical (unpaired) electrons. The predicted octanol–water partition coefficient (Wildman–Crippen LogP) is 0.666. The number of rotatable bonds is 4. The summed E-state index contributed by atoms with van der Waals surface area (Å²) in [6.07, 6.45) is 0. The zero-order valence-electron chi connectivity index (χ0n) is 11.0. The van der Waals surface area contributed by atoms with E-state index in [0.29, 0.717) is 31.9 Å². The SMILES string of the molecule is COCc1ccc(C(=O)N2CCOCC2CO)cc1. The lowest BCUT2D eigenvalue weighted by Gasteiger charge is -2.34. The maximum Gasteiger partial charge on any atom is 0.254 e. The van der Waals surface area contributed by atoms with Crippen molar-refractivity contribution in [3.63, 3.8) is 0 Å². The summed E-state index contributed by atoms with van der Waals surface area (Å²) in [5.74, 6) is -0.0636. The zero-order valence-corrected chi connectivity index (χ0v) is 11.0. The third-order valence-electron chi connectivity index (χ3n) is 3.21. The van der Waals surface area contributed by atoms with Crippen molar-refractivity contribution >= 4 is 5.91 Å². The zero-order chi connectivity index (χ0) is 13.7. The maximum absolute atomic E-state index is 12.4. The summed E-state index contributed by atoms with van der Waals surface area (Å²) in [6, 6.07) is 7.09. The average Bonchev–Trinajstić information content (AvgIpc) is 2.47. The van der Waals surface area contributed by atoms with Gasteiger partial charge in [0.1, 0.15) is 0 Å². The minimum absolute atomic E-state index is 0.0636. The Morgan fingerprint density at radius 2 is 2.21 bits per heavy atom. The molecule has 5 heteroatoms. The highest BCUT2D eigenvalue weighted by Gasteiger charge is 2.27. The van der Waals surface area contributed by atoms with Gasteiger partial charge in [-0.1, -0.05) is 12.1 Å². The number of aliphatic hydroxyl groups excluding tert-OH is 1. The molecule has 1 amide bonds. The van der Waals surface area contributed by atoms with E-state index >= 15 is 0 Å². The molecule has 5 nitrogen and oxygen atoms in total. The molecular weight excluding hydrogens is 246 g/mol. The fourth-order valence-corrected chi connectivity index (χ4v) is 2.15. The fraction of sp³-hybridized carbons (Fsp3) is 0.500. The standard InChI is InChI=1S/C14H19NO4/c1-18-9-11-2-4-12(5-3-11)14(17)15-6-7-19-10-13(15)8-16/h2-5,13,16H,6-10H2,1H3. The highest BCUT2D eigenvalue weighted by atomic mass is 16.5. The first-order chi connectivity index (χ1) is 9.26. The topological polar surface area (TPSA) is 59.0 Å². The lowest BCUT2D eigenvalue weighted by Crippen LogP contribution is -2.50. The van der Waals surface area contributed by atoms with Crippen LogP contribution in [0.4, 0.5) is 0 Å². The van der Waals surface area contributed by atoms with Gasteiger partial charge in [-0.25, -0.2) is 0 Å². The van der Waals surface area contributed by atoms with Gasteiger partial charge in [0.25, 0.3) is 5.91 Å². The van der Waals surface area contributed by atoms with Crippen LogP contribution in [-0.4, -0.2) is 55.4 Å². The molecule has 1 heterocycles. The molecule has 1 aliphatic rings. The molecule has 0 spiro atoms. The van der Waals surface area contributed by atoms with E-state index in [9.17, 15) is 9.90 Å². The van der Waals surface area contributed by atoms with Gasteiger partial charge in [0.05, 0.1) is 32.5 Å². The minimum atomic E-state index is -0.250. The van der Waals surface area contributed by atoms with Crippen LogP contribution in [0.5, 0.6) is 0 Å². The Bertz CT molecular complexity index is 418. The lowest BCUT2D eigenvalue weighted by molar-refractivity contribution is -0.0183.